The molecule has 0 atom stereocenters. The van der Waals surface area contributed by atoms with Gasteiger partial charge < -0.3 is 4.74 Å². The Balaban J connectivity index is 2.05. The lowest BCUT2D eigenvalue weighted by molar-refractivity contribution is 0.0528. The molecule has 3 nitrogen and oxygen atoms in total. The molecule has 0 saturated carbocycles. The molecule has 4 aromatic rings. The Morgan fingerprint density at radius 1 is 0.759 bits per heavy atom. The van der Waals surface area contributed by atoms with Crippen LogP contribution in [0.4, 0.5) is 0 Å². The van der Waals surface area contributed by atoms with Crippen LogP contribution in [0, 0.1) is 0 Å². The lowest BCUT2D eigenvalue weighted by Gasteiger charge is -2.16. The van der Waals surface area contributed by atoms with Crippen molar-refractivity contribution in [2.24, 2.45) is 0 Å². The lowest BCUT2D eigenvalue weighted by atomic mass is 9.93. The van der Waals surface area contributed by atoms with Gasteiger partial charge in [0, 0.05) is 16.7 Å². The summed E-state index contributed by atoms with van der Waals surface area (Å²) in [7, 11) is 0. The highest BCUT2D eigenvalue weighted by molar-refractivity contribution is 6.04. The number of nitrogens with zero attached hydrogens (tertiary/aromatic N) is 1. The van der Waals surface area contributed by atoms with Crippen molar-refractivity contribution in [1.82, 2.24) is 4.98 Å². The van der Waals surface area contributed by atoms with Crippen LogP contribution in [0.2, 0.25) is 0 Å². The topological polar surface area (TPSA) is 39.2 Å². The number of carbonyl (C=O) groups is 1. The average Bonchev–Trinajstić information content (AvgIpc) is 2.80. The minimum atomic E-state index is -0.364. The van der Waals surface area contributed by atoms with Crippen LogP contribution in [0.3, 0.4) is 0 Å². The first kappa shape index (κ1) is 18.6. The normalized spacial score (nSPS) is 10.5. The van der Waals surface area contributed by atoms with E-state index in [4.69, 9.17) is 9.72 Å². The molecule has 0 fully saturated rings. The van der Waals surface area contributed by atoms with Gasteiger partial charge in [0.1, 0.15) is 0 Å². The van der Waals surface area contributed by atoms with Crippen LogP contribution in [0.15, 0.2) is 97.1 Å². The molecule has 0 amide bonds. The zero-order valence-electron chi connectivity index (χ0n) is 16.2. The van der Waals surface area contributed by atoms with Gasteiger partial charge in [0.25, 0.3) is 0 Å². The summed E-state index contributed by atoms with van der Waals surface area (Å²) in [6.45, 7) is 2.12. The smallest absolute Gasteiger partial charge is 0.340 e. The molecule has 0 saturated heterocycles. The van der Waals surface area contributed by atoms with Crippen LogP contribution in [0.1, 0.15) is 17.3 Å². The second-order valence-corrected chi connectivity index (χ2v) is 6.60. The monoisotopic (exact) mass is 379 g/mol. The van der Waals surface area contributed by atoms with E-state index in [1.165, 1.54) is 0 Å². The number of pyridine rings is 1. The number of aromatic nitrogens is 1. The maximum atomic E-state index is 13.0. The summed E-state index contributed by atoms with van der Waals surface area (Å²) in [6, 6.07) is 31.7. The predicted molar refractivity (Wildman–Crippen MR) is 117 cm³/mol. The van der Waals surface area contributed by atoms with E-state index in [1.807, 2.05) is 104 Å². The van der Waals surface area contributed by atoms with Crippen LogP contribution in [-0.2, 0) is 4.74 Å². The van der Waals surface area contributed by atoms with Crippen molar-refractivity contribution in [2.75, 3.05) is 6.61 Å². The van der Waals surface area contributed by atoms with Gasteiger partial charge in [0.2, 0.25) is 0 Å². The summed E-state index contributed by atoms with van der Waals surface area (Å²) in [5.41, 5.74) is 5.58. The van der Waals surface area contributed by atoms with Gasteiger partial charge in [0.15, 0.2) is 0 Å². The third-order valence-corrected chi connectivity index (χ3v) is 4.70. The molecule has 3 aromatic carbocycles. The summed E-state index contributed by atoms with van der Waals surface area (Å²) in [4.78, 5) is 17.9. The molecule has 29 heavy (non-hydrogen) atoms. The third-order valence-electron chi connectivity index (χ3n) is 4.70. The fourth-order valence-corrected chi connectivity index (χ4v) is 3.36. The van der Waals surface area contributed by atoms with Gasteiger partial charge in [-0.25, -0.2) is 9.78 Å². The number of benzene rings is 3. The number of ether oxygens (including phenoxy) is 1. The first-order valence-electron chi connectivity index (χ1n) is 9.66. The Hall–Kier alpha value is -3.72. The highest BCUT2D eigenvalue weighted by Gasteiger charge is 2.23. The highest BCUT2D eigenvalue weighted by atomic mass is 16.5. The van der Waals surface area contributed by atoms with E-state index in [1.54, 1.807) is 0 Å². The summed E-state index contributed by atoms with van der Waals surface area (Å²) in [5.74, 6) is -0.364. The third kappa shape index (κ3) is 3.94. The van der Waals surface area contributed by atoms with Gasteiger partial charge in [-0.05, 0) is 18.6 Å². The number of hydrogen-bond donors (Lipinski definition) is 0. The van der Waals surface area contributed by atoms with E-state index in [9.17, 15) is 4.79 Å². The van der Waals surface area contributed by atoms with Gasteiger partial charge >= 0.3 is 5.97 Å². The molecule has 0 aliphatic carbocycles. The van der Waals surface area contributed by atoms with Crippen LogP contribution in [0.5, 0.6) is 0 Å². The van der Waals surface area contributed by atoms with Crippen molar-refractivity contribution in [1.29, 1.82) is 0 Å². The number of rotatable bonds is 5. The van der Waals surface area contributed by atoms with Crippen molar-refractivity contribution >= 4 is 5.97 Å². The van der Waals surface area contributed by atoms with Crippen molar-refractivity contribution in [3.8, 4) is 33.6 Å². The molecule has 0 spiro atoms. The standard InChI is InChI=1S/C26H21NO2/c1-2-29-26(28)24-22(19-12-6-3-7-13-19)18-23(20-14-8-4-9-15-20)27-25(24)21-16-10-5-11-17-21/h3-18H,2H2,1H3. The molecule has 4 rings (SSSR count). The second-order valence-electron chi connectivity index (χ2n) is 6.60. The average molecular weight is 379 g/mol. The first-order chi connectivity index (χ1) is 14.3. The van der Waals surface area contributed by atoms with Crippen LogP contribution >= 0.6 is 0 Å². The summed E-state index contributed by atoms with van der Waals surface area (Å²) < 4.78 is 5.42. The molecule has 0 unspecified atom stereocenters. The van der Waals surface area contributed by atoms with E-state index in [-0.39, 0.29) is 5.97 Å². The molecule has 1 aromatic heterocycles. The molecular formula is C26H21NO2. The van der Waals surface area contributed by atoms with Gasteiger partial charge in [0.05, 0.1) is 23.6 Å². The predicted octanol–water partition coefficient (Wildman–Crippen LogP) is 6.26. The molecule has 0 aliphatic rings. The van der Waals surface area contributed by atoms with Gasteiger partial charge in [-0.15, -0.1) is 0 Å². The molecule has 0 aliphatic heterocycles. The SMILES string of the molecule is CCOC(=O)c1c(-c2ccccc2)cc(-c2ccccc2)nc1-c1ccccc1. The summed E-state index contributed by atoms with van der Waals surface area (Å²) in [6.07, 6.45) is 0. The molecular weight excluding hydrogens is 358 g/mol. The Bertz CT molecular complexity index is 1050. The van der Waals surface area contributed by atoms with Crippen LogP contribution in [-0.4, -0.2) is 17.6 Å². The quantitative estimate of drug-likeness (QED) is 0.384. The largest absolute Gasteiger partial charge is 0.462 e. The summed E-state index contributed by atoms with van der Waals surface area (Å²) >= 11 is 0. The Morgan fingerprint density at radius 3 is 1.83 bits per heavy atom. The van der Waals surface area contributed by atoms with Crippen LogP contribution in [0.25, 0.3) is 33.6 Å². The van der Waals surface area contributed by atoms with Crippen LogP contribution < -0.4 is 0 Å². The Kier molecular flexibility index (Phi) is 5.48. The zero-order valence-corrected chi connectivity index (χ0v) is 16.2. The highest BCUT2D eigenvalue weighted by Crippen LogP contribution is 2.35. The van der Waals surface area contributed by atoms with E-state index in [0.29, 0.717) is 17.9 Å². The molecule has 0 bridgehead atoms. The van der Waals surface area contributed by atoms with Crippen molar-refractivity contribution in [3.05, 3.63) is 103 Å². The molecule has 142 valence electrons. The van der Waals surface area contributed by atoms with Crippen molar-refractivity contribution in [3.63, 3.8) is 0 Å². The zero-order chi connectivity index (χ0) is 20.1. The fraction of sp³-hybridized carbons (Fsp3) is 0.0769. The van der Waals surface area contributed by atoms with E-state index < -0.39 is 0 Å². The maximum Gasteiger partial charge on any atom is 0.340 e. The molecule has 1 heterocycles. The molecule has 0 N–H and O–H groups in total. The van der Waals surface area contributed by atoms with Gasteiger partial charge in [-0.3, -0.25) is 0 Å². The maximum absolute atomic E-state index is 13.0. The van der Waals surface area contributed by atoms with E-state index in [2.05, 4.69) is 0 Å². The van der Waals surface area contributed by atoms with E-state index >= 15 is 0 Å². The Labute approximate surface area is 170 Å². The first-order valence-corrected chi connectivity index (χ1v) is 9.66. The van der Waals surface area contributed by atoms with Crippen molar-refractivity contribution in [2.45, 2.75) is 6.92 Å². The fourth-order valence-electron chi connectivity index (χ4n) is 3.36. The van der Waals surface area contributed by atoms with Gasteiger partial charge in [-0.1, -0.05) is 91.0 Å². The number of esters is 1. The summed E-state index contributed by atoms with van der Waals surface area (Å²) in [5, 5.41) is 0. The Morgan fingerprint density at radius 2 is 1.28 bits per heavy atom. The molecule has 0 radical (unpaired) electrons. The second kappa shape index (κ2) is 8.53. The minimum absolute atomic E-state index is 0.307. The minimum Gasteiger partial charge on any atom is -0.462 e. The number of hydrogen-bond acceptors (Lipinski definition) is 3. The van der Waals surface area contributed by atoms with Gasteiger partial charge in [-0.2, -0.15) is 0 Å². The van der Waals surface area contributed by atoms with E-state index in [0.717, 1.165) is 27.9 Å². The lowest BCUT2D eigenvalue weighted by Crippen LogP contribution is -2.10. The van der Waals surface area contributed by atoms with Crippen molar-refractivity contribution < 1.29 is 9.53 Å². The molecule has 3 heteroatoms. The number of carbonyl (C=O) groups excluding carboxylic acids is 1.